The topological polar surface area (TPSA) is 77.8 Å². The normalized spacial score (nSPS) is 12.9. The smallest absolute Gasteiger partial charge is 0.243 e. The van der Waals surface area contributed by atoms with Crippen LogP contribution in [0.1, 0.15) is 37.9 Å². The molecule has 0 bridgehead atoms. The Morgan fingerprint density at radius 3 is 2.72 bits per heavy atom. The van der Waals surface area contributed by atoms with Crippen LogP contribution >= 0.6 is 0 Å². The number of rotatable bonds is 4. The van der Waals surface area contributed by atoms with Crippen LogP contribution in [0.15, 0.2) is 22.7 Å². The van der Waals surface area contributed by atoms with Crippen molar-refractivity contribution >= 4 is 0 Å². The van der Waals surface area contributed by atoms with Crippen LogP contribution in [0, 0.1) is 12.8 Å². The first-order valence-corrected chi connectivity index (χ1v) is 6.09. The molecule has 0 amide bonds. The van der Waals surface area contributed by atoms with Crippen LogP contribution in [-0.2, 0) is 0 Å². The molecule has 0 aliphatic heterocycles. The Kier molecular flexibility index (Phi) is 3.72. The van der Waals surface area contributed by atoms with Crippen LogP contribution < -0.4 is 5.73 Å². The molecule has 5 nitrogen and oxygen atoms in total. The van der Waals surface area contributed by atoms with Crippen LogP contribution in [0.5, 0.6) is 0 Å². The van der Waals surface area contributed by atoms with Gasteiger partial charge in [-0.25, -0.2) is 4.98 Å². The van der Waals surface area contributed by atoms with Crippen LogP contribution in [-0.4, -0.2) is 15.1 Å². The van der Waals surface area contributed by atoms with E-state index in [0.29, 0.717) is 23.3 Å². The van der Waals surface area contributed by atoms with Gasteiger partial charge in [-0.2, -0.15) is 4.98 Å². The molecule has 2 rings (SSSR count). The highest BCUT2D eigenvalue weighted by atomic mass is 16.5. The molecule has 0 spiro atoms. The summed E-state index contributed by atoms with van der Waals surface area (Å²) in [4.78, 5) is 8.66. The fourth-order valence-electron chi connectivity index (χ4n) is 1.77. The molecule has 0 unspecified atom stereocenters. The molecule has 0 aliphatic carbocycles. The van der Waals surface area contributed by atoms with Crippen molar-refractivity contribution in [2.75, 3.05) is 0 Å². The van der Waals surface area contributed by atoms with Gasteiger partial charge < -0.3 is 10.3 Å². The van der Waals surface area contributed by atoms with Crippen molar-refractivity contribution < 1.29 is 4.52 Å². The largest absolute Gasteiger partial charge is 0.337 e. The SMILES string of the molecule is Cc1cccc(-c2noc([C@@H](N)CC(C)C)n2)n1. The van der Waals surface area contributed by atoms with E-state index < -0.39 is 0 Å². The summed E-state index contributed by atoms with van der Waals surface area (Å²) in [6.45, 7) is 6.15. The fourth-order valence-corrected chi connectivity index (χ4v) is 1.77. The summed E-state index contributed by atoms with van der Waals surface area (Å²) in [5.74, 6) is 1.46. The molecule has 2 aromatic heterocycles. The summed E-state index contributed by atoms with van der Waals surface area (Å²) in [6, 6.07) is 5.49. The zero-order valence-electron chi connectivity index (χ0n) is 10.9. The maximum atomic E-state index is 6.00. The maximum absolute atomic E-state index is 6.00. The second kappa shape index (κ2) is 5.27. The van der Waals surface area contributed by atoms with Crippen LogP contribution in [0.3, 0.4) is 0 Å². The second-order valence-electron chi connectivity index (χ2n) is 4.86. The number of nitrogens with zero attached hydrogens (tertiary/aromatic N) is 3. The number of pyridine rings is 1. The zero-order valence-corrected chi connectivity index (χ0v) is 10.9. The molecular formula is C13H18N4O. The van der Waals surface area contributed by atoms with E-state index in [1.165, 1.54) is 0 Å². The van der Waals surface area contributed by atoms with Gasteiger partial charge in [0, 0.05) is 5.69 Å². The molecule has 0 radical (unpaired) electrons. The average Bonchev–Trinajstić information content (AvgIpc) is 2.77. The van der Waals surface area contributed by atoms with Gasteiger partial charge in [0.2, 0.25) is 11.7 Å². The van der Waals surface area contributed by atoms with Gasteiger partial charge >= 0.3 is 0 Å². The summed E-state index contributed by atoms with van der Waals surface area (Å²) < 4.78 is 5.20. The first kappa shape index (κ1) is 12.7. The van der Waals surface area contributed by atoms with Crippen molar-refractivity contribution in [3.63, 3.8) is 0 Å². The molecule has 0 saturated heterocycles. The molecule has 2 N–H and O–H groups in total. The van der Waals surface area contributed by atoms with E-state index in [9.17, 15) is 0 Å². The van der Waals surface area contributed by atoms with Crippen LogP contribution in [0.4, 0.5) is 0 Å². The Hall–Kier alpha value is -1.75. The lowest BCUT2D eigenvalue weighted by Gasteiger charge is -2.08. The van der Waals surface area contributed by atoms with Gasteiger partial charge in [-0.1, -0.05) is 25.1 Å². The summed E-state index contributed by atoms with van der Waals surface area (Å²) in [5, 5.41) is 3.93. The molecule has 2 aromatic rings. The first-order chi connectivity index (χ1) is 8.56. The maximum Gasteiger partial charge on any atom is 0.243 e. The molecular weight excluding hydrogens is 228 g/mol. The van der Waals surface area contributed by atoms with E-state index in [0.717, 1.165) is 12.1 Å². The predicted octanol–water partition coefficient (Wildman–Crippen LogP) is 2.49. The van der Waals surface area contributed by atoms with Crippen LogP contribution in [0.25, 0.3) is 11.5 Å². The molecule has 5 heteroatoms. The van der Waals surface area contributed by atoms with Gasteiger partial charge in [-0.05, 0) is 31.4 Å². The van der Waals surface area contributed by atoms with Gasteiger partial charge in [0.15, 0.2) is 0 Å². The lowest BCUT2D eigenvalue weighted by Crippen LogP contribution is -2.13. The Balaban J connectivity index is 2.20. The minimum Gasteiger partial charge on any atom is -0.337 e. The molecule has 2 heterocycles. The highest BCUT2D eigenvalue weighted by molar-refractivity contribution is 5.48. The zero-order chi connectivity index (χ0) is 13.1. The van der Waals surface area contributed by atoms with Crippen molar-refractivity contribution in [1.29, 1.82) is 0 Å². The summed E-state index contributed by atoms with van der Waals surface area (Å²) in [6.07, 6.45) is 0.822. The second-order valence-corrected chi connectivity index (χ2v) is 4.86. The lowest BCUT2D eigenvalue weighted by atomic mass is 10.0. The van der Waals surface area contributed by atoms with E-state index in [-0.39, 0.29) is 6.04 Å². The third-order valence-corrected chi connectivity index (χ3v) is 2.60. The van der Waals surface area contributed by atoms with Gasteiger partial charge in [0.1, 0.15) is 5.69 Å². The molecule has 0 saturated carbocycles. The Morgan fingerprint density at radius 2 is 2.06 bits per heavy atom. The Labute approximate surface area is 106 Å². The summed E-state index contributed by atoms with van der Waals surface area (Å²) in [5.41, 5.74) is 7.63. The van der Waals surface area contributed by atoms with Crippen molar-refractivity contribution in [2.45, 2.75) is 33.2 Å². The quantitative estimate of drug-likeness (QED) is 0.896. The highest BCUT2D eigenvalue weighted by Gasteiger charge is 2.17. The molecule has 0 aliphatic rings. The van der Waals surface area contributed by atoms with Crippen molar-refractivity contribution in [1.82, 2.24) is 15.1 Å². The Morgan fingerprint density at radius 1 is 1.28 bits per heavy atom. The van der Waals surface area contributed by atoms with Crippen molar-refractivity contribution in [3.8, 4) is 11.5 Å². The van der Waals surface area contributed by atoms with Gasteiger partial charge in [0.25, 0.3) is 0 Å². The van der Waals surface area contributed by atoms with Gasteiger partial charge in [-0.15, -0.1) is 0 Å². The number of hydrogen-bond acceptors (Lipinski definition) is 5. The first-order valence-electron chi connectivity index (χ1n) is 6.09. The average molecular weight is 246 g/mol. The number of hydrogen-bond donors (Lipinski definition) is 1. The predicted molar refractivity (Wildman–Crippen MR) is 68.6 cm³/mol. The molecule has 96 valence electrons. The van der Waals surface area contributed by atoms with E-state index in [4.69, 9.17) is 10.3 Å². The van der Waals surface area contributed by atoms with Gasteiger partial charge in [0.05, 0.1) is 6.04 Å². The van der Waals surface area contributed by atoms with Gasteiger partial charge in [-0.3, -0.25) is 0 Å². The van der Waals surface area contributed by atoms with Crippen molar-refractivity contribution in [3.05, 3.63) is 29.8 Å². The van der Waals surface area contributed by atoms with E-state index in [1.807, 2.05) is 25.1 Å². The number of aryl methyl sites for hydroxylation is 1. The Bertz CT molecular complexity index is 521. The third-order valence-electron chi connectivity index (χ3n) is 2.60. The summed E-state index contributed by atoms with van der Waals surface area (Å²) >= 11 is 0. The summed E-state index contributed by atoms with van der Waals surface area (Å²) in [7, 11) is 0. The molecule has 0 aromatic carbocycles. The lowest BCUT2D eigenvalue weighted by molar-refractivity contribution is 0.335. The molecule has 0 fully saturated rings. The van der Waals surface area contributed by atoms with Crippen molar-refractivity contribution in [2.24, 2.45) is 11.7 Å². The standard InChI is InChI=1S/C13H18N4O/c1-8(2)7-10(14)13-16-12(17-18-13)11-6-4-5-9(3)15-11/h4-6,8,10H,7,14H2,1-3H3/t10-/m0/s1. The van der Waals surface area contributed by atoms with E-state index in [2.05, 4.69) is 29.0 Å². The van der Waals surface area contributed by atoms with Crippen LogP contribution in [0.2, 0.25) is 0 Å². The highest BCUT2D eigenvalue weighted by Crippen LogP contribution is 2.20. The molecule has 18 heavy (non-hydrogen) atoms. The molecule has 1 atom stereocenters. The minimum absolute atomic E-state index is 0.212. The fraction of sp³-hybridized carbons (Fsp3) is 0.462. The van der Waals surface area contributed by atoms with E-state index in [1.54, 1.807) is 0 Å². The van der Waals surface area contributed by atoms with E-state index >= 15 is 0 Å². The third kappa shape index (κ3) is 2.92. The minimum atomic E-state index is -0.212. The number of nitrogens with two attached hydrogens (primary N) is 1. The number of aromatic nitrogens is 3. The monoisotopic (exact) mass is 246 g/mol.